The summed E-state index contributed by atoms with van der Waals surface area (Å²) < 4.78 is 33.3. The first-order valence-electron chi connectivity index (χ1n) is 9.09. The third kappa shape index (κ3) is 5.31. The molecule has 1 saturated carbocycles. The number of aromatic nitrogens is 5. The van der Waals surface area contributed by atoms with Gasteiger partial charge in [-0.25, -0.2) is 13.8 Å². The second kappa shape index (κ2) is 8.86. The normalized spacial score (nSPS) is 13.2. The SMILES string of the molecule is Cc1cccnc1.Cc1ncc(-c2cn(C)nc2C(F)F)c(OCC2CC2)n1. The Morgan fingerprint density at radius 3 is 2.57 bits per heavy atom. The fourth-order valence-corrected chi connectivity index (χ4v) is 2.55. The van der Waals surface area contributed by atoms with Gasteiger partial charge in [0.2, 0.25) is 5.88 Å². The van der Waals surface area contributed by atoms with E-state index in [9.17, 15) is 8.78 Å². The van der Waals surface area contributed by atoms with Crippen LogP contribution < -0.4 is 4.74 Å². The largest absolute Gasteiger partial charge is 0.477 e. The summed E-state index contributed by atoms with van der Waals surface area (Å²) in [5.74, 6) is 1.45. The maximum Gasteiger partial charge on any atom is 0.282 e. The number of hydrogen-bond donors (Lipinski definition) is 0. The summed E-state index contributed by atoms with van der Waals surface area (Å²) in [4.78, 5) is 12.2. The van der Waals surface area contributed by atoms with E-state index >= 15 is 0 Å². The van der Waals surface area contributed by atoms with Crippen molar-refractivity contribution in [3.8, 4) is 17.0 Å². The molecule has 0 aliphatic heterocycles. The number of ether oxygens (including phenoxy) is 1. The van der Waals surface area contributed by atoms with Gasteiger partial charge in [-0.15, -0.1) is 0 Å². The molecule has 28 heavy (non-hydrogen) atoms. The Hall–Kier alpha value is -2.90. The molecule has 0 N–H and O–H groups in total. The van der Waals surface area contributed by atoms with Gasteiger partial charge < -0.3 is 4.74 Å². The molecule has 0 aromatic carbocycles. The Labute approximate surface area is 162 Å². The van der Waals surface area contributed by atoms with Crippen LogP contribution >= 0.6 is 0 Å². The zero-order chi connectivity index (χ0) is 20.1. The minimum Gasteiger partial charge on any atom is -0.477 e. The standard InChI is InChI=1S/C14H16F2N4O.C6H7N/c1-8-17-5-10(14(18-8)21-7-9-3-4-9)11-6-20(2)19-12(11)13(15)16;1-6-3-2-4-7-5-6/h5-6,9,13H,3-4,7H2,1-2H3;2-5H,1H3. The molecule has 0 radical (unpaired) electrons. The number of aryl methyl sites for hydroxylation is 3. The van der Waals surface area contributed by atoms with Crippen molar-refractivity contribution in [3.63, 3.8) is 0 Å². The monoisotopic (exact) mass is 387 g/mol. The lowest BCUT2D eigenvalue weighted by molar-refractivity contribution is 0.146. The predicted octanol–water partition coefficient (Wildman–Crippen LogP) is 4.30. The molecule has 148 valence electrons. The molecule has 6 nitrogen and oxygen atoms in total. The first-order chi connectivity index (χ1) is 13.4. The molecular formula is C20H23F2N5O. The molecule has 0 saturated heterocycles. The van der Waals surface area contributed by atoms with Crippen molar-refractivity contribution in [1.82, 2.24) is 24.7 Å². The summed E-state index contributed by atoms with van der Waals surface area (Å²) in [6.07, 6.45) is 6.31. The van der Waals surface area contributed by atoms with E-state index < -0.39 is 6.43 Å². The summed E-state index contributed by atoms with van der Waals surface area (Å²) >= 11 is 0. The van der Waals surface area contributed by atoms with Gasteiger partial charge in [-0.1, -0.05) is 6.07 Å². The van der Waals surface area contributed by atoms with E-state index in [1.54, 1.807) is 26.4 Å². The van der Waals surface area contributed by atoms with Crippen molar-refractivity contribution >= 4 is 0 Å². The van der Waals surface area contributed by atoms with Crippen LogP contribution in [0.5, 0.6) is 5.88 Å². The molecule has 0 amide bonds. The number of halogens is 2. The second-order valence-corrected chi connectivity index (χ2v) is 6.82. The first kappa shape index (κ1) is 19.9. The molecule has 0 bridgehead atoms. The molecule has 4 rings (SSSR count). The van der Waals surface area contributed by atoms with Crippen molar-refractivity contribution < 1.29 is 13.5 Å². The smallest absolute Gasteiger partial charge is 0.282 e. The number of hydrogen-bond acceptors (Lipinski definition) is 5. The van der Waals surface area contributed by atoms with Crippen LogP contribution in [0.2, 0.25) is 0 Å². The molecule has 8 heteroatoms. The molecular weight excluding hydrogens is 364 g/mol. The van der Waals surface area contributed by atoms with Crippen molar-refractivity contribution in [2.24, 2.45) is 13.0 Å². The Morgan fingerprint density at radius 1 is 1.21 bits per heavy atom. The van der Waals surface area contributed by atoms with Gasteiger partial charge in [-0.2, -0.15) is 10.1 Å². The summed E-state index contributed by atoms with van der Waals surface area (Å²) in [6.45, 7) is 4.33. The van der Waals surface area contributed by atoms with Gasteiger partial charge >= 0.3 is 0 Å². The van der Waals surface area contributed by atoms with Gasteiger partial charge in [-0.05, 0) is 44.2 Å². The molecule has 3 aromatic rings. The first-order valence-corrected chi connectivity index (χ1v) is 9.09. The van der Waals surface area contributed by atoms with Gasteiger partial charge in [0.15, 0.2) is 0 Å². The fraction of sp³-hybridized carbons (Fsp3) is 0.400. The van der Waals surface area contributed by atoms with Crippen molar-refractivity contribution in [2.45, 2.75) is 33.1 Å². The van der Waals surface area contributed by atoms with Crippen LogP contribution in [0.4, 0.5) is 8.78 Å². The van der Waals surface area contributed by atoms with Crippen LogP contribution in [0.3, 0.4) is 0 Å². The van der Waals surface area contributed by atoms with Gasteiger partial charge in [0, 0.05) is 37.4 Å². The number of rotatable bonds is 5. The van der Waals surface area contributed by atoms with E-state index in [0.717, 1.165) is 12.8 Å². The average molecular weight is 387 g/mol. The topological polar surface area (TPSA) is 65.7 Å². The van der Waals surface area contributed by atoms with E-state index in [4.69, 9.17) is 4.74 Å². The Morgan fingerprint density at radius 2 is 2.00 bits per heavy atom. The van der Waals surface area contributed by atoms with E-state index in [2.05, 4.69) is 20.1 Å². The van der Waals surface area contributed by atoms with E-state index in [-0.39, 0.29) is 5.69 Å². The minimum atomic E-state index is -2.65. The van der Waals surface area contributed by atoms with E-state index in [1.165, 1.54) is 16.4 Å². The summed E-state index contributed by atoms with van der Waals surface area (Å²) in [7, 11) is 1.61. The number of nitrogens with zero attached hydrogens (tertiary/aromatic N) is 5. The zero-order valence-electron chi connectivity index (χ0n) is 16.1. The number of pyridine rings is 1. The molecule has 0 atom stereocenters. The highest BCUT2D eigenvalue weighted by Gasteiger charge is 2.25. The van der Waals surface area contributed by atoms with Crippen molar-refractivity contribution in [2.75, 3.05) is 6.61 Å². The molecule has 1 fully saturated rings. The van der Waals surface area contributed by atoms with Gasteiger partial charge in [-0.3, -0.25) is 9.67 Å². The lowest BCUT2D eigenvalue weighted by Gasteiger charge is -2.10. The summed E-state index contributed by atoms with van der Waals surface area (Å²) in [5, 5.41) is 3.81. The third-order valence-corrected chi connectivity index (χ3v) is 4.19. The van der Waals surface area contributed by atoms with Crippen LogP contribution in [-0.2, 0) is 7.05 Å². The molecule has 3 aromatic heterocycles. The predicted molar refractivity (Wildman–Crippen MR) is 101 cm³/mol. The van der Waals surface area contributed by atoms with Crippen molar-refractivity contribution in [1.29, 1.82) is 0 Å². The Kier molecular flexibility index (Phi) is 6.28. The van der Waals surface area contributed by atoms with Crippen LogP contribution in [0, 0.1) is 19.8 Å². The van der Waals surface area contributed by atoms with Gasteiger partial charge in [0.1, 0.15) is 11.5 Å². The molecule has 1 aliphatic rings. The molecule has 0 unspecified atom stereocenters. The fourth-order valence-electron chi connectivity index (χ4n) is 2.55. The van der Waals surface area contributed by atoms with Crippen LogP contribution in [0.1, 0.15) is 36.3 Å². The quantitative estimate of drug-likeness (QED) is 0.653. The maximum atomic E-state index is 13.1. The number of alkyl halides is 2. The third-order valence-electron chi connectivity index (χ3n) is 4.19. The summed E-state index contributed by atoms with van der Waals surface area (Å²) in [6, 6.07) is 3.95. The zero-order valence-corrected chi connectivity index (χ0v) is 16.1. The average Bonchev–Trinajstić information content (AvgIpc) is 3.41. The van der Waals surface area contributed by atoms with Gasteiger partial charge in [0.25, 0.3) is 6.43 Å². The highest BCUT2D eigenvalue weighted by Crippen LogP contribution is 2.36. The second-order valence-electron chi connectivity index (χ2n) is 6.82. The van der Waals surface area contributed by atoms with Gasteiger partial charge in [0.05, 0.1) is 12.2 Å². The Balaban J connectivity index is 0.000000271. The van der Waals surface area contributed by atoms with Crippen molar-refractivity contribution in [3.05, 3.63) is 54.0 Å². The van der Waals surface area contributed by atoms with Crippen LogP contribution in [0.15, 0.2) is 36.9 Å². The van der Waals surface area contributed by atoms with Crippen LogP contribution in [0.25, 0.3) is 11.1 Å². The molecule has 1 aliphatic carbocycles. The maximum absolute atomic E-state index is 13.1. The van der Waals surface area contributed by atoms with Crippen LogP contribution in [-0.4, -0.2) is 31.3 Å². The molecule has 0 spiro atoms. The Bertz CT molecular complexity index is 910. The highest BCUT2D eigenvalue weighted by atomic mass is 19.3. The minimum absolute atomic E-state index is 0.277. The lowest BCUT2D eigenvalue weighted by Crippen LogP contribution is -2.04. The highest BCUT2D eigenvalue weighted by molar-refractivity contribution is 5.69. The summed E-state index contributed by atoms with van der Waals surface area (Å²) in [5.41, 5.74) is 1.71. The van der Waals surface area contributed by atoms with E-state index in [0.29, 0.717) is 35.4 Å². The lowest BCUT2D eigenvalue weighted by atomic mass is 10.1. The van der Waals surface area contributed by atoms with E-state index in [1.807, 2.05) is 25.3 Å². The molecule has 3 heterocycles.